The van der Waals surface area contributed by atoms with Gasteiger partial charge in [0.2, 0.25) is 5.91 Å². The molecular weight excluding hydrogens is 318 g/mol. The molecule has 2 heterocycles. The molecule has 0 bridgehead atoms. The van der Waals surface area contributed by atoms with E-state index in [4.69, 9.17) is 0 Å². The zero-order chi connectivity index (χ0) is 17.6. The van der Waals surface area contributed by atoms with Crippen molar-refractivity contribution < 1.29 is 15.0 Å². The molecule has 1 aliphatic heterocycles. The Labute approximate surface area is 146 Å². The van der Waals surface area contributed by atoms with Gasteiger partial charge in [-0.2, -0.15) is 0 Å². The number of nitrogens with zero attached hydrogens (tertiary/aromatic N) is 2. The molecular formula is C19H21N3O3. The Morgan fingerprint density at radius 3 is 2.64 bits per heavy atom. The fraction of sp³-hybridized carbons (Fsp3) is 0.263. The van der Waals surface area contributed by atoms with Crippen LogP contribution < -0.4 is 10.2 Å². The number of rotatable bonds is 4. The van der Waals surface area contributed by atoms with E-state index >= 15 is 0 Å². The summed E-state index contributed by atoms with van der Waals surface area (Å²) in [6, 6.07) is 10.4. The Morgan fingerprint density at radius 2 is 1.96 bits per heavy atom. The SMILES string of the molecule is O=C(C=Cc1ccc(O)c(O)c1)NC1CCN(c2ccccn2)CC1. The Kier molecular flexibility index (Phi) is 5.18. The van der Waals surface area contributed by atoms with Gasteiger partial charge in [0.1, 0.15) is 5.82 Å². The van der Waals surface area contributed by atoms with Crippen LogP contribution in [0.3, 0.4) is 0 Å². The number of phenolic OH excluding ortho intramolecular Hbond substituents is 2. The van der Waals surface area contributed by atoms with Gasteiger partial charge >= 0.3 is 0 Å². The van der Waals surface area contributed by atoms with Crippen LogP contribution in [-0.4, -0.2) is 40.2 Å². The summed E-state index contributed by atoms with van der Waals surface area (Å²) in [5, 5.41) is 21.7. The fourth-order valence-electron chi connectivity index (χ4n) is 2.86. The van der Waals surface area contributed by atoms with Gasteiger partial charge in [-0.15, -0.1) is 0 Å². The first-order chi connectivity index (χ1) is 12.1. The molecule has 0 aliphatic carbocycles. The van der Waals surface area contributed by atoms with E-state index in [1.165, 1.54) is 18.2 Å². The third-order valence-electron chi connectivity index (χ3n) is 4.24. The number of carbonyl (C=O) groups is 1. The van der Waals surface area contributed by atoms with Crippen LogP contribution in [0.2, 0.25) is 0 Å². The van der Waals surface area contributed by atoms with E-state index in [1.54, 1.807) is 18.3 Å². The monoisotopic (exact) mass is 339 g/mol. The van der Waals surface area contributed by atoms with Crippen molar-refractivity contribution in [3.05, 3.63) is 54.2 Å². The third kappa shape index (κ3) is 4.50. The second kappa shape index (κ2) is 7.70. The summed E-state index contributed by atoms with van der Waals surface area (Å²) in [6.45, 7) is 1.72. The van der Waals surface area contributed by atoms with Crippen LogP contribution in [0.4, 0.5) is 5.82 Å². The van der Waals surface area contributed by atoms with Crippen molar-refractivity contribution in [3.8, 4) is 11.5 Å². The number of benzene rings is 1. The van der Waals surface area contributed by atoms with Crippen molar-refractivity contribution in [1.82, 2.24) is 10.3 Å². The fourth-order valence-corrected chi connectivity index (χ4v) is 2.86. The smallest absolute Gasteiger partial charge is 0.244 e. The summed E-state index contributed by atoms with van der Waals surface area (Å²) in [6.07, 6.45) is 6.58. The van der Waals surface area contributed by atoms with Gasteiger partial charge in [0.25, 0.3) is 0 Å². The first-order valence-corrected chi connectivity index (χ1v) is 8.28. The van der Waals surface area contributed by atoms with Crippen molar-refractivity contribution in [2.45, 2.75) is 18.9 Å². The summed E-state index contributed by atoms with van der Waals surface area (Å²) in [5.41, 5.74) is 0.649. The average Bonchev–Trinajstić information content (AvgIpc) is 2.64. The highest BCUT2D eigenvalue weighted by Gasteiger charge is 2.20. The largest absolute Gasteiger partial charge is 0.504 e. The highest BCUT2D eigenvalue weighted by Crippen LogP contribution is 2.25. The maximum atomic E-state index is 12.1. The van der Waals surface area contributed by atoms with Crippen LogP contribution in [0.5, 0.6) is 11.5 Å². The number of hydrogen-bond donors (Lipinski definition) is 3. The van der Waals surface area contributed by atoms with Gasteiger partial charge in [0, 0.05) is 31.4 Å². The van der Waals surface area contributed by atoms with E-state index in [2.05, 4.69) is 15.2 Å². The van der Waals surface area contributed by atoms with Gasteiger partial charge in [-0.1, -0.05) is 12.1 Å². The third-order valence-corrected chi connectivity index (χ3v) is 4.24. The minimum Gasteiger partial charge on any atom is -0.504 e. The average molecular weight is 339 g/mol. The number of phenols is 2. The molecule has 130 valence electrons. The molecule has 1 aromatic heterocycles. The van der Waals surface area contributed by atoms with Crippen LogP contribution in [0.25, 0.3) is 6.08 Å². The molecule has 0 unspecified atom stereocenters. The number of pyridine rings is 1. The van der Waals surface area contributed by atoms with E-state index in [9.17, 15) is 15.0 Å². The predicted octanol–water partition coefficient (Wildman–Crippen LogP) is 2.29. The van der Waals surface area contributed by atoms with Gasteiger partial charge in [0.15, 0.2) is 11.5 Å². The van der Waals surface area contributed by atoms with E-state index in [1.807, 2.05) is 18.2 Å². The normalized spacial score (nSPS) is 15.4. The zero-order valence-electron chi connectivity index (χ0n) is 13.8. The Bertz CT molecular complexity index is 754. The molecule has 0 spiro atoms. The first-order valence-electron chi connectivity index (χ1n) is 8.28. The molecule has 25 heavy (non-hydrogen) atoms. The summed E-state index contributed by atoms with van der Waals surface area (Å²) >= 11 is 0. The summed E-state index contributed by atoms with van der Waals surface area (Å²) in [4.78, 5) is 18.6. The molecule has 1 aromatic carbocycles. The molecule has 2 aromatic rings. The van der Waals surface area contributed by atoms with Crippen molar-refractivity contribution in [3.63, 3.8) is 0 Å². The number of carbonyl (C=O) groups excluding carboxylic acids is 1. The number of aromatic hydroxyl groups is 2. The van der Waals surface area contributed by atoms with Crippen molar-refractivity contribution in [1.29, 1.82) is 0 Å². The van der Waals surface area contributed by atoms with Crippen LogP contribution in [0, 0.1) is 0 Å². The lowest BCUT2D eigenvalue weighted by atomic mass is 10.0. The van der Waals surface area contributed by atoms with E-state index < -0.39 is 0 Å². The van der Waals surface area contributed by atoms with Crippen molar-refractivity contribution in [2.75, 3.05) is 18.0 Å². The topological polar surface area (TPSA) is 85.7 Å². The van der Waals surface area contributed by atoms with Gasteiger partial charge in [-0.05, 0) is 48.7 Å². The number of nitrogens with one attached hydrogen (secondary N) is 1. The predicted molar refractivity (Wildman–Crippen MR) is 96.4 cm³/mol. The zero-order valence-corrected chi connectivity index (χ0v) is 13.8. The molecule has 1 amide bonds. The highest BCUT2D eigenvalue weighted by atomic mass is 16.3. The second-order valence-electron chi connectivity index (χ2n) is 6.04. The Balaban J connectivity index is 1.49. The van der Waals surface area contributed by atoms with E-state index in [-0.39, 0.29) is 23.4 Å². The Hall–Kier alpha value is -3.02. The van der Waals surface area contributed by atoms with Crippen LogP contribution in [0.1, 0.15) is 18.4 Å². The minimum absolute atomic E-state index is 0.144. The van der Waals surface area contributed by atoms with Crippen molar-refractivity contribution >= 4 is 17.8 Å². The molecule has 6 heteroatoms. The molecule has 0 saturated carbocycles. The molecule has 1 saturated heterocycles. The first kappa shape index (κ1) is 16.8. The van der Waals surface area contributed by atoms with Gasteiger partial charge in [-0.25, -0.2) is 4.98 Å². The minimum atomic E-state index is -0.204. The molecule has 6 nitrogen and oxygen atoms in total. The summed E-state index contributed by atoms with van der Waals surface area (Å²) in [7, 11) is 0. The lowest BCUT2D eigenvalue weighted by molar-refractivity contribution is -0.117. The van der Waals surface area contributed by atoms with Crippen LogP contribution in [0.15, 0.2) is 48.7 Å². The molecule has 0 radical (unpaired) electrons. The number of hydrogen-bond acceptors (Lipinski definition) is 5. The van der Waals surface area contributed by atoms with Crippen LogP contribution in [-0.2, 0) is 4.79 Å². The highest BCUT2D eigenvalue weighted by molar-refractivity contribution is 5.92. The molecule has 3 rings (SSSR count). The van der Waals surface area contributed by atoms with Crippen molar-refractivity contribution in [2.24, 2.45) is 0 Å². The molecule has 3 N–H and O–H groups in total. The summed E-state index contributed by atoms with van der Waals surface area (Å²) in [5.74, 6) is 0.425. The summed E-state index contributed by atoms with van der Waals surface area (Å²) < 4.78 is 0. The quantitative estimate of drug-likeness (QED) is 0.588. The lowest BCUT2D eigenvalue weighted by Gasteiger charge is -2.32. The van der Waals surface area contributed by atoms with Gasteiger partial charge < -0.3 is 20.4 Å². The maximum Gasteiger partial charge on any atom is 0.244 e. The van der Waals surface area contributed by atoms with E-state index in [0.717, 1.165) is 31.7 Å². The number of amides is 1. The number of piperidine rings is 1. The number of anilines is 1. The standard InChI is InChI=1S/C19H21N3O3/c23-16-6-4-14(13-17(16)24)5-7-19(25)21-15-8-11-22(12-9-15)18-3-1-2-10-20-18/h1-7,10,13,15,23-24H,8-9,11-12H2,(H,21,25). The van der Waals surface area contributed by atoms with Crippen LogP contribution >= 0.6 is 0 Å². The Morgan fingerprint density at radius 1 is 1.16 bits per heavy atom. The molecule has 1 aliphatic rings. The maximum absolute atomic E-state index is 12.1. The lowest BCUT2D eigenvalue weighted by Crippen LogP contribution is -2.44. The van der Waals surface area contributed by atoms with Gasteiger partial charge in [0.05, 0.1) is 0 Å². The molecule has 1 fully saturated rings. The number of aromatic nitrogens is 1. The second-order valence-corrected chi connectivity index (χ2v) is 6.04. The molecule has 0 atom stereocenters. The van der Waals surface area contributed by atoms with Gasteiger partial charge in [-0.3, -0.25) is 4.79 Å². The van der Waals surface area contributed by atoms with E-state index in [0.29, 0.717) is 5.56 Å².